The van der Waals surface area contributed by atoms with Gasteiger partial charge in [-0.3, -0.25) is 0 Å². The average molecular weight is 220 g/mol. The Morgan fingerprint density at radius 2 is 2.07 bits per heavy atom. The van der Waals surface area contributed by atoms with Gasteiger partial charge in [-0.2, -0.15) is 0 Å². The maximum absolute atomic E-state index is 9.24. The molecule has 0 spiro atoms. The minimum atomic E-state index is -0.532. The Balaban J connectivity index is 1.72. The molecule has 0 bridgehead atoms. The van der Waals surface area contributed by atoms with Crippen molar-refractivity contribution in [3.63, 3.8) is 0 Å². The van der Waals surface area contributed by atoms with Gasteiger partial charge in [-0.05, 0) is 6.42 Å². The van der Waals surface area contributed by atoms with Crippen LogP contribution >= 0.6 is 0 Å². The van der Waals surface area contributed by atoms with Crippen molar-refractivity contribution in [3.05, 3.63) is 0 Å². The fraction of sp³-hybridized carbons (Fsp3) is 1.00. The van der Waals surface area contributed by atoms with Crippen LogP contribution in [0.15, 0.2) is 0 Å². The second-order valence-corrected chi connectivity index (χ2v) is 3.57. The number of aliphatic hydroxyl groups is 1. The maximum atomic E-state index is 9.24. The molecule has 1 fully saturated rings. The van der Waals surface area contributed by atoms with Crippen molar-refractivity contribution < 1.29 is 24.1 Å². The molecule has 1 aliphatic rings. The van der Waals surface area contributed by atoms with Gasteiger partial charge in [0, 0.05) is 20.3 Å². The zero-order chi connectivity index (χ0) is 10.9. The lowest BCUT2D eigenvalue weighted by Gasteiger charge is -2.09. The first-order chi connectivity index (χ1) is 7.33. The van der Waals surface area contributed by atoms with Gasteiger partial charge >= 0.3 is 0 Å². The van der Waals surface area contributed by atoms with E-state index in [1.165, 1.54) is 0 Å². The van der Waals surface area contributed by atoms with E-state index < -0.39 is 6.10 Å². The maximum Gasteiger partial charge on any atom is 0.104 e. The Morgan fingerprint density at radius 1 is 1.33 bits per heavy atom. The molecule has 2 unspecified atom stereocenters. The first kappa shape index (κ1) is 12.9. The van der Waals surface area contributed by atoms with E-state index in [1.807, 2.05) is 0 Å². The van der Waals surface area contributed by atoms with Crippen molar-refractivity contribution in [1.29, 1.82) is 0 Å². The second-order valence-electron chi connectivity index (χ2n) is 3.57. The van der Waals surface area contributed by atoms with E-state index >= 15 is 0 Å². The third-order valence-electron chi connectivity index (χ3n) is 1.95. The quantitative estimate of drug-likeness (QED) is 0.408. The van der Waals surface area contributed by atoms with Crippen LogP contribution in [-0.4, -0.2) is 64.1 Å². The molecule has 0 saturated carbocycles. The van der Waals surface area contributed by atoms with Gasteiger partial charge in [0.15, 0.2) is 0 Å². The summed E-state index contributed by atoms with van der Waals surface area (Å²) in [6.45, 7) is 3.44. The lowest BCUT2D eigenvalue weighted by Crippen LogP contribution is -2.21. The first-order valence-electron chi connectivity index (χ1n) is 5.27. The summed E-state index contributed by atoms with van der Waals surface area (Å²) >= 11 is 0. The van der Waals surface area contributed by atoms with Crippen molar-refractivity contribution in [2.45, 2.75) is 18.6 Å². The number of methoxy groups -OCH3 is 1. The van der Waals surface area contributed by atoms with Gasteiger partial charge in [0.2, 0.25) is 0 Å². The molecule has 1 saturated heterocycles. The highest BCUT2D eigenvalue weighted by atomic mass is 16.6. The molecule has 1 aliphatic heterocycles. The molecule has 0 aromatic carbocycles. The number of aliphatic hydroxyl groups excluding tert-OH is 1. The third-order valence-corrected chi connectivity index (χ3v) is 1.95. The summed E-state index contributed by atoms with van der Waals surface area (Å²) in [6.07, 6.45) is 0.636. The van der Waals surface area contributed by atoms with Crippen LogP contribution in [0.4, 0.5) is 0 Å². The van der Waals surface area contributed by atoms with Crippen molar-refractivity contribution >= 4 is 0 Å². The molecular formula is C10H20O5. The average Bonchev–Trinajstić information content (AvgIpc) is 3.00. The molecular weight excluding hydrogens is 200 g/mol. The number of hydrogen-bond donors (Lipinski definition) is 1. The minimum Gasteiger partial charge on any atom is -0.388 e. The van der Waals surface area contributed by atoms with Crippen LogP contribution in [0.3, 0.4) is 0 Å². The number of ether oxygens (including phenoxy) is 4. The highest BCUT2D eigenvalue weighted by Crippen LogP contribution is 2.08. The molecule has 1 heterocycles. The van der Waals surface area contributed by atoms with Gasteiger partial charge in [-0.25, -0.2) is 0 Å². The number of hydrogen-bond acceptors (Lipinski definition) is 5. The van der Waals surface area contributed by atoms with Gasteiger partial charge < -0.3 is 24.1 Å². The second kappa shape index (κ2) is 8.01. The van der Waals surface area contributed by atoms with Gasteiger partial charge in [0.25, 0.3) is 0 Å². The molecule has 2 atom stereocenters. The van der Waals surface area contributed by atoms with E-state index in [1.54, 1.807) is 7.11 Å². The zero-order valence-electron chi connectivity index (χ0n) is 9.18. The summed E-state index contributed by atoms with van der Waals surface area (Å²) in [5, 5.41) is 9.24. The SMILES string of the molecule is COCC(O)COCCCOCC1CO1. The highest BCUT2D eigenvalue weighted by Gasteiger charge is 2.21. The fourth-order valence-corrected chi connectivity index (χ4v) is 1.10. The van der Waals surface area contributed by atoms with Gasteiger partial charge in [0.1, 0.15) is 12.2 Å². The topological polar surface area (TPSA) is 60.5 Å². The molecule has 0 amide bonds. The summed E-state index contributed by atoms with van der Waals surface area (Å²) in [7, 11) is 1.55. The van der Waals surface area contributed by atoms with Gasteiger partial charge in [0.05, 0.1) is 26.4 Å². The van der Waals surface area contributed by atoms with Crippen LogP contribution in [0.25, 0.3) is 0 Å². The van der Waals surface area contributed by atoms with Crippen molar-refractivity contribution in [3.8, 4) is 0 Å². The van der Waals surface area contributed by atoms with Crippen LogP contribution in [0.1, 0.15) is 6.42 Å². The Kier molecular flexibility index (Phi) is 6.87. The largest absolute Gasteiger partial charge is 0.388 e. The fourth-order valence-electron chi connectivity index (χ4n) is 1.10. The van der Waals surface area contributed by atoms with Crippen LogP contribution in [0.2, 0.25) is 0 Å². The zero-order valence-corrected chi connectivity index (χ0v) is 9.18. The molecule has 0 aromatic heterocycles. The number of rotatable bonds is 10. The minimum absolute atomic E-state index is 0.315. The van der Waals surface area contributed by atoms with E-state index in [-0.39, 0.29) is 0 Å². The summed E-state index contributed by atoms with van der Waals surface area (Å²) in [6, 6.07) is 0. The molecule has 1 N–H and O–H groups in total. The monoisotopic (exact) mass is 220 g/mol. The van der Waals surface area contributed by atoms with Crippen LogP contribution in [0.5, 0.6) is 0 Å². The summed E-state index contributed by atoms with van der Waals surface area (Å²) in [5.74, 6) is 0. The molecule has 0 aliphatic carbocycles. The Morgan fingerprint density at radius 3 is 2.73 bits per heavy atom. The Labute approximate surface area is 90.3 Å². The third kappa shape index (κ3) is 7.70. The summed E-state index contributed by atoms with van der Waals surface area (Å²) in [5.41, 5.74) is 0. The lowest BCUT2D eigenvalue weighted by atomic mass is 10.4. The van der Waals surface area contributed by atoms with Gasteiger partial charge in [-0.1, -0.05) is 0 Å². The number of epoxide rings is 1. The molecule has 0 radical (unpaired) electrons. The van der Waals surface area contributed by atoms with Crippen LogP contribution in [-0.2, 0) is 18.9 Å². The summed E-state index contributed by atoms with van der Waals surface area (Å²) < 4.78 is 20.3. The lowest BCUT2D eigenvalue weighted by molar-refractivity contribution is -0.0115. The predicted molar refractivity (Wildman–Crippen MR) is 53.9 cm³/mol. The van der Waals surface area contributed by atoms with Crippen LogP contribution < -0.4 is 0 Å². The first-order valence-corrected chi connectivity index (χ1v) is 5.27. The summed E-state index contributed by atoms with van der Waals surface area (Å²) in [4.78, 5) is 0. The smallest absolute Gasteiger partial charge is 0.104 e. The molecule has 5 heteroatoms. The standard InChI is InChI=1S/C10H20O5/c1-12-5-9(11)6-13-3-2-4-14-7-10-8-15-10/h9-11H,2-8H2,1H3. The van der Waals surface area contributed by atoms with Gasteiger partial charge in [-0.15, -0.1) is 0 Å². The normalized spacial score (nSPS) is 21.6. The Hall–Kier alpha value is -0.200. The predicted octanol–water partition coefficient (Wildman–Crippen LogP) is -0.184. The van der Waals surface area contributed by atoms with Crippen molar-refractivity contribution in [2.24, 2.45) is 0 Å². The van der Waals surface area contributed by atoms with Crippen molar-refractivity contribution in [1.82, 2.24) is 0 Å². The molecule has 15 heavy (non-hydrogen) atoms. The van der Waals surface area contributed by atoms with Crippen LogP contribution in [0, 0.1) is 0 Å². The molecule has 5 nitrogen and oxygen atoms in total. The van der Waals surface area contributed by atoms with E-state index in [0.29, 0.717) is 39.1 Å². The van der Waals surface area contributed by atoms with E-state index in [4.69, 9.17) is 18.9 Å². The van der Waals surface area contributed by atoms with E-state index in [0.717, 1.165) is 13.0 Å². The Bertz CT molecular complexity index is 149. The van der Waals surface area contributed by atoms with E-state index in [2.05, 4.69) is 0 Å². The molecule has 0 aromatic rings. The van der Waals surface area contributed by atoms with Crippen molar-refractivity contribution in [2.75, 3.05) is 46.8 Å². The van der Waals surface area contributed by atoms with E-state index in [9.17, 15) is 5.11 Å². The molecule has 90 valence electrons. The molecule has 1 rings (SSSR count). The highest BCUT2D eigenvalue weighted by molar-refractivity contribution is 4.66.